The lowest BCUT2D eigenvalue weighted by Gasteiger charge is -2.29. The Morgan fingerprint density at radius 2 is 1.95 bits per heavy atom. The molecule has 2 atom stereocenters. The molecule has 1 aliphatic rings. The van der Waals surface area contributed by atoms with Crippen LogP contribution in [0.25, 0.3) is 11.3 Å². The number of rotatable bonds is 3. The predicted molar refractivity (Wildman–Crippen MR) is 83.0 cm³/mol. The summed E-state index contributed by atoms with van der Waals surface area (Å²) in [6, 6.07) is 9.82. The third kappa shape index (κ3) is 3.06. The average Bonchev–Trinajstić information content (AvgIpc) is 3.00. The summed E-state index contributed by atoms with van der Waals surface area (Å²) in [5.41, 5.74) is 0.368. The molecule has 1 N–H and O–H groups in total. The maximum atomic E-state index is 13.7. The molecule has 116 valence electrons. The van der Waals surface area contributed by atoms with Crippen LogP contribution in [0.1, 0.15) is 43.2 Å². The first-order chi connectivity index (χ1) is 10.6. The number of benzene rings is 1. The summed E-state index contributed by atoms with van der Waals surface area (Å²) in [6.45, 7) is 2.16. The standard InChI is InChI=1S/C18H20FNO2/c1-12-6-2-5-9-15(12)20-18(21)17-11-10-16(22-17)13-7-3-4-8-14(13)19/h3-4,7-8,10-12,15H,2,5-6,9H2,1H3,(H,20,21)/t12-,15-/m0/s1. The number of nitrogens with one attached hydrogen (secondary N) is 1. The van der Waals surface area contributed by atoms with Crippen LogP contribution in [-0.2, 0) is 0 Å². The lowest BCUT2D eigenvalue weighted by Crippen LogP contribution is -2.40. The Labute approximate surface area is 129 Å². The largest absolute Gasteiger partial charge is 0.451 e. The van der Waals surface area contributed by atoms with Crippen molar-refractivity contribution in [1.29, 1.82) is 0 Å². The first kappa shape index (κ1) is 14.8. The molecule has 0 spiro atoms. The molecule has 2 aromatic rings. The summed E-state index contributed by atoms with van der Waals surface area (Å²) in [7, 11) is 0. The Kier molecular flexibility index (Phi) is 4.27. The van der Waals surface area contributed by atoms with Gasteiger partial charge in [-0.15, -0.1) is 0 Å². The van der Waals surface area contributed by atoms with E-state index in [1.807, 2.05) is 0 Å². The number of hydrogen-bond donors (Lipinski definition) is 1. The maximum absolute atomic E-state index is 13.7. The minimum absolute atomic E-state index is 0.197. The molecule has 1 heterocycles. The summed E-state index contributed by atoms with van der Waals surface area (Å²) >= 11 is 0. The van der Waals surface area contributed by atoms with Gasteiger partial charge in [0.1, 0.15) is 11.6 Å². The number of carbonyl (C=O) groups excluding carboxylic acids is 1. The molecular formula is C18H20FNO2. The average molecular weight is 301 g/mol. The van der Waals surface area contributed by atoms with Gasteiger partial charge in [0.25, 0.3) is 5.91 Å². The van der Waals surface area contributed by atoms with Crippen LogP contribution in [0.15, 0.2) is 40.8 Å². The Balaban J connectivity index is 1.73. The molecule has 4 heteroatoms. The second-order valence-electron chi connectivity index (χ2n) is 5.99. The summed E-state index contributed by atoms with van der Waals surface area (Å²) in [6.07, 6.45) is 4.52. The van der Waals surface area contributed by atoms with E-state index in [1.165, 1.54) is 12.5 Å². The van der Waals surface area contributed by atoms with Crippen molar-refractivity contribution >= 4 is 5.91 Å². The van der Waals surface area contributed by atoms with Crippen LogP contribution in [0.3, 0.4) is 0 Å². The van der Waals surface area contributed by atoms with E-state index in [-0.39, 0.29) is 23.5 Å². The molecule has 1 saturated carbocycles. The van der Waals surface area contributed by atoms with Gasteiger partial charge in [0.2, 0.25) is 0 Å². The van der Waals surface area contributed by atoms with E-state index < -0.39 is 0 Å². The summed E-state index contributed by atoms with van der Waals surface area (Å²) in [4.78, 5) is 12.3. The minimum atomic E-state index is -0.357. The third-order valence-electron chi connectivity index (χ3n) is 4.40. The topological polar surface area (TPSA) is 42.2 Å². The van der Waals surface area contributed by atoms with Crippen molar-refractivity contribution in [2.75, 3.05) is 0 Å². The highest BCUT2D eigenvalue weighted by Gasteiger charge is 2.24. The monoisotopic (exact) mass is 301 g/mol. The van der Waals surface area contributed by atoms with Crippen LogP contribution >= 0.6 is 0 Å². The van der Waals surface area contributed by atoms with Crippen LogP contribution < -0.4 is 5.32 Å². The van der Waals surface area contributed by atoms with Gasteiger partial charge in [0.05, 0.1) is 5.56 Å². The van der Waals surface area contributed by atoms with Crippen molar-refractivity contribution in [3.05, 3.63) is 48.0 Å². The van der Waals surface area contributed by atoms with Crippen LogP contribution in [0.5, 0.6) is 0 Å². The van der Waals surface area contributed by atoms with E-state index in [4.69, 9.17) is 4.42 Å². The maximum Gasteiger partial charge on any atom is 0.287 e. The zero-order chi connectivity index (χ0) is 15.5. The first-order valence-corrected chi connectivity index (χ1v) is 7.81. The molecule has 3 nitrogen and oxygen atoms in total. The molecule has 0 unspecified atom stereocenters. The van der Waals surface area contributed by atoms with Gasteiger partial charge in [-0.05, 0) is 43.0 Å². The van der Waals surface area contributed by atoms with Gasteiger partial charge in [-0.2, -0.15) is 0 Å². The Bertz CT molecular complexity index is 665. The van der Waals surface area contributed by atoms with Crippen LogP contribution in [0.2, 0.25) is 0 Å². The fraction of sp³-hybridized carbons (Fsp3) is 0.389. The van der Waals surface area contributed by atoms with Crippen molar-refractivity contribution in [3.8, 4) is 11.3 Å². The van der Waals surface area contributed by atoms with E-state index >= 15 is 0 Å². The van der Waals surface area contributed by atoms with Crippen LogP contribution in [0, 0.1) is 11.7 Å². The number of hydrogen-bond acceptors (Lipinski definition) is 2. The molecular weight excluding hydrogens is 281 g/mol. The van der Waals surface area contributed by atoms with Crippen LogP contribution in [0.4, 0.5) is 4.39 Å². The summed E-state index contributed by atoms with van der Waals surface area (Å²) < 4.78 is 19.3. The van der Waals surface area contributed by atoms with Crippen molar-refractivity contribution in [2.45, 2.75) is 38.6 Å². The van der Waals surface area contributed by atoms with E-state index in [9.17, 15) is 9.18 Å². The van der Waals surface area contributed by atoms with Crippen molar-refractivity contribution < 1.29 is 13.6 Å². The van der Waals surface area contributed by atoms with E-state index in [2.05, 4.69) is 12.2 Å². The van der Waals surface area contributed by atoms with Crippen molar-refractivity contribution in [1.82, 2.24) is 5.32 Å². The fourth-order valence-corrected chi connectivity index (χ4v) is 3.04. The number of halogens is 1. The van der Waals surface area contributed by atoms with Gasteiger partial charge < -0.3 is 9.73 Å². The molecule has 22 heavy (non-hydrogen) atoms. The molecule has 0 saturated heterocycles. The van der Waals surface area contributed by atoms with Crippen LogP contribution in [-0.4, -0.2) is 11.9 Å². The highest BCUT2D eigenvalue weighted by atomic mass is 19.1. The van der Waals surface area contributed by atoms with Gasteiger partial charge in [-0.1, -0.05) is 31.9 Å². The van der Waals surface area contributed by atoms with Crippen molar-refractivity contribution in [2.24, 2.45) is 5.92 Å². The third-order valence-corrected chi connectivity index (χ3v) is 4.40. The molecule has 3 rings (SSSR count). The lowest BCUT2D eigenvalue weighted by molar-refractivity contribution is 0.0883. The molecule has 1 fully saturated rings. The molecule has 1 aromatic heterocycles. The summed E-state index contributed by atoms with van der Waals surface area (Å²) in [5.74, 6) is 0.515. The van der Waals surface area contributed by atoms with Gasteiger partial charge in [0, 0.05) is 6.04 Å². The van der Waals surface area contributed by atoms with Gasteiger partial charge in [0.15, 0.2) is 5.76 Å². The van der Waals surface area contributed by atoms with Gasteiger partial charge >= 0.3 is 0 Å². The van der Waals surface area contributed by atoms with E-state index in [0.717, 1.165) is 19.3 Å². The minimum Gasteiger partial charge on any atom is -0.451 e. The highest BCUT2D eigenvalue weighted by Crippen LogP contribution is 2.26. The Hall–Kier alpha value is -2.10. The Morgan fingerprint density at radius 3 is 2.73 bits per heavy atom. The normalized spacial score (nSPS) is 21.5. The van der Waals surface area contributed by atoms with Crippen molar-refractivity contribution in [3.63, 3.8) is 0 Å². The lowest BCUT2D eigenvalue weighted by atomic mass is 9.86. The number of amides is 1. The highest BCUT2D eigenvalue weighted by molar-refractivity contribution is 5.92. The first-order valence-electron chi connectivity index (χ1n) is 7.81. The Morgan fingerprint density at radius 1 is 1.18 bits per heavy atom. The molecule has 0 bridgehead atoms. The van der Waals surface area contributed by atoms with E-state index in [1.54, 1.807) is 30.3 Å². The van der Waals surface area contributed by atoms with E-state index in [0.29, 0.717) is 17.2 Å². The zero-order valence-corrected chi connectivity index (χ0v) is 12.6. The van der Waals surface area contributed by atoms with Gasteiger partial charge in [-0.25, -0.2) is 4.39 Å². The molecule has 0 aliphatic heterocycles. The quantitative estimate of drug-likeness (QED) is 0.913. The summed E-state index contributed by atoms with van der Waals surface area (Å²) in [5, 5.41) is 3.04. The second kappa shape index (κ2) is 6.34. The molecule has 0 radical (unpaired) electrons. The number of furan rings is 1. The second-order valence-corrected chi connectivity index (χ2v) is 5.99. The predicted octanol–water partition coefficient (Wildman–Crippen LogP) is 4.39. The smallest absolute Gasteiger partial charge is 0.287 e. The molecule has 1 amide bonds. The van der Waals surface area contributed by atoms with Gasteiger partial charge in [-0.3, -0.25) is 4.79 Å². The molecule has 1 aliphatic carbocycles. The SMILES string of the molecule is C[C@H]1CCCC[C@@H]1NC(=O)c1ccc(-c2ccccc2F)o1. The number of carbonyl (C=O) groups is 1. The molecule has 1 aromatic carbocycles. The fourth-order valence-electron chi connectivity index (χ4n) is 3.04. The zero-order valence-electron chi connectivity index (χ0n) is 12.6.